The van der Waals surface area contributed by atoms with Gasteiger partial charge in [0.2, 0.25) is 0 Å². The van der Waals surface area contributed by atoms with Gasteiger partial charge in [0.1, 0.15) is 30.2 Å². The highest BCUT2D eigenvalue weighted by Crippen LogP contribution is 2.50. The zero-order valence-corrected chi connectivity index (χ0v) is 16.7. The summed E-state index contributed by atoms with van der Waals surface area (Å²) in [7, 11) is 0. The summed E-state index contributed by atoms with van der Waals surface area (Å²) in [6.45, 7) is -0.627. The van der Waals surface area contributed by atoms with Crippen LogP contribution in [0.4, 0.5) is 5.82 Å². The Labute approximate surface area is 186 Å². The van der Waals surface area contributed by atoms with Crippen LogP contribution in [0.2, 0.25) is 0 Å². The number of aromatic nitrogens is 4. The molecule has 178 valence electrons. The third-order valence-electron chi connectivity index (χ3n) is 5.74. The number of allylic oxidation sites excluding steroid dienone is 1. The molecule has 0 saturated carbocycles. The van der Waals surface area contributed by atoms with Crippen LogP contribution in [0.25, 0.3) is 11.2 Å². The average Bonchev–Trinajstić information content (AvgIpc) is 3.46. The molecule has 2 aromatic heterocycles. The maximum absolute atomic E-state index is 11.8. The second-order valence-electron chi connectivity index (χ2n) is 7.53. The first kappa shape index (κ1) is 21.7. The van der Waals surface area contributed by atoms with Crippen LogP contribution in [0.5, 0.6) is 0 Å². The minimum atomic E-state index is -2.62. The van der Waals surface area contributed by atoms with Crippen LogP contribution in [-0.2, 0) is 14.2 Å². The summed E-state index contributed by atoms with van der Waals surface area (Å²) in [5, 5.41) is 44.7. The molecule has 0 amide bonds. The van der Waals surface area contributed by atoms with Crippen molar-refractivity contribution in [2.24, 2.45) is 0 Å². The molecule has 5 rings (SSSR count). The lowest BCUT2D eigenvalue weighted by Gasteiger charge is -2.30. The number of nitrogen functional groups attached to an aromatic ring is 1. The van der Waals surface area contributed by atoms with E-state index in [1.165, 1.54) is 17.2 Å². The molecule has 2 saturated heterocycles. The van der Waals surface area contributed by atoms with Gasteiger partial charge >= 0.3 is 17.5 Å². The summed E-state index contributed by atoms with van der Waals surface area (Å²) in [5.74, 6) is -2.56. The van der Waals surface area contributed by atoms with Crippen molar-refractivity contribution >= 4 is 17.0 Å². The number of nitrogens with zero attached hydrogens (tertiary/aromatic N) is 7. The third kappa shape index (κ3) is 2.93. The molecule has 6 atom stereocenters. The molecule has 4 heterocycles. The molecule has 18 nitrogen and oxygen atoms in total. The van der Waals surface area contributed by atoms with E-state index in [0.717, 1.165) is 0 Å². The van der Waals surface area contributed by atoms with E-state index in [1.54, 1.807) is 0 Å². The van der Waals surface area contributed by atoms with Gasteiger partial charge in [-0.05, 0) is 0 Å². The Hall–Kier alpha value is -4.13. The van der Waals surface area contributed by atoms with Gasteiger partial charge in [-0.3, -0.25) is 34.9 Å². The largest absolute Gasteiger partial charge is 0.394 e. The number of imidazole rings is 1. The molecular weight excluding hydrogens is 464 g/mol. The minimum absolute atomic E-state index is 0.0637. The van der Waals surface area contributed by atoms with Crippen molar-refractivity contribution in [1.82, 2.24) is 19.5 Å². The zero-order valence-electron chi connectivity index (χ0n) is 16.7. The van der Waals surface area contributed by atoms with Gasteiger partial charge in [-0.25, -0.2) is 15.0 Å². The van der Waals surface area contributed by atoms with Gasteiger partial charge in [-0.2, -0.15) is 0 Å². The van der Waals surface area contributed by atoms with Crippen molar-refractivity contribution in [2.45, 2.75) is 36.4 Å². The van der Waals surface area contributed by atoms with Crippen LogP contribution in [-0.4, -0.2) is 76.1 Å². The van der Waals surface area contributed by atoms with Gasteiger partial charge in [0.15, 0.2) is 17.7 Å². The molecule has 0 radical (unpaired) electrons. The Morgan fingerprint density at radius 1 is 1.12 bits per heavy atom. The van der Waals surface area contributed by atoms with Crippen molar-refractivity contribution in [3.8, 4) is 0 Å². The third-order valence-corrected chi connectivity index (χ3v) is 5.74. The molecule has 18 heteroatoms. The number of anilines is 1. The molecule has 2 aromatic rings. The molecule has 6 unspecified atom stereocenters. The van der Waals surface area contributed by atoms with Crippen molar-refractivity contribution in [2.75, 3.05) is 12.3 Å². The van der Waals surface area contributed by atoms with E-state index in [2.05, 4.69) is 15.0 Å². The predicted molar refractivity (Wildman–Crippen MR) is 104 cm³/mol. The fourth-order valence-corrected chi connectivity index (χ4v) is 4.30. The number of hydrogen-bond donors (Lipinski definition) is 2. The molecule has 1 aliphatic carbocycles. The maximum Gasteiger partial charge on any atom is 0.337 e. The first-order valence-corrected chi connectivity index (χ1v) is 9.59. The molecule has 0 aromatic carbocycles. The highest BCUT2D eigenvalue weighted by molar-refractivity contribution is 5.81. The second-order valence-corrected chi connectivity index (χ2v) is 7.53. The number of ether oxygens (including phenoxy) is 3. The molecule has 2 fully saturated rings. The fraction of sp³-hybridized carbons (Fsp3) is 0.438. The Bertz CT molecular complexity index is 1290. The number of aliphatic hydroxyl groups excluding tert-OH is 1. The van der Waals surface area contributed by atoms with Crippen molar-refractivity contribution in [1.29, 1.82) is 0 Å². The number of aliphatic hydroxyl groups is 1. The van der Waals surface area contributed by atoms with E-state index < -0.39 is 69.1 Å². The Balaban J connectivity index is 1.62. The SMILES string of the molecule is Nc1ncnc2c1ncn2C1OC(CO)C2OC3(OC21)C([N+](=O)[O-])=CC([N+](=O)[O-])=CC3[N+](=O)[O-]. The standard InChI is InChI=1S/C16H14N8O10/c17-13-10-14(19-4-18-13)21(5-20-10)15-12-11(7(3-25)32-15)33-16(34-12)8(23(28)29)1-6(22(26)27)2-9(16)24(30)31/h1-2,4-5,7-8,11-12,15,25H,3H2,(H2,17,18,19). The summed E-state index contributed by atoms with van der Waals surface area (Å²) in [4.78, 5) is 43.9. The molecule has 3 N–H and O–H groups in total. The minimum Gasteiger partial charge on any atom is -0.394 e. The lowest BCUT2D eigenvalue weighted by atomic mass is 9.96. The number of rotatable bonds is 5. The lowest BCUT2D eigenvalue weighted by molar-refractivity contribution is -0.569. The van der Waals surface area contributed by atoms with E-state index >= 15 is 0 Å². The summed E-state index contributed by atoms with van der Waals surface area (Å²) < 4.78 is 18.7. The molecular formula is C16H14N8O10. The van der Waals surface area contributed by atoms with E-state index in [4.69, 9.17) is 19.9 Å². The van der Waals surface area contributed by atoms with Crippen molar-refractivity contribution < 1.29 is 34.1 Å². The number of nitrogens with two attached hydrogens (primary N) is 1. The smallest absolute Gasteiger partial charge is 0.337 e. The Morgan fingerprint density at radius 3 is 2.50 bits per heavy atom. The van der Waals surface area contributed by atoms with E-state index in [0.29, 0.717) is 12.2 Å². The highest BCUT2D eigenvalue weighted by Gasteiger charge is 2.71. The Morgan fingerprint density at radius 2 is 1.85 bits per heavy atom. The van der Waals surface area contributed by atoms with Gasteiger partial charge in [0.25, 0.3) is 5.70 Å². The van der Waals surface area contributed by atoms with E-state index in [-0.39, 0.29) is 17.0 Å². The van der Waals surface area contributed by atoms with Crippen LogP contribution in [0.3, 0.4) is 0 Å². The van der Waals surface area contributed by atoms with Crippen LogP contribution in [0, 0.1) is 30.3 Å². The molecule has 34 heavy (non-hydrogen) atoms. The van der Waals surface area contributed by atoms with Gasteiger partial charge in [-0.15, -0.1) is 0 Å². The number of hydrogen-bond acceptors (Lipinski definition) is 14. The van der Waals surface area contributed by atoms with Crippen LogP contribution < -0.4 is 5.73 Å². The van der Waals surface area contributed by atoms with Crippen molar-refractivity contribution in [3.05, 3.63) is 66.5 Å². The summed E-state index contributed by atoms with van der Waals surface area (Å²) in [6, 6.07) is -2.14. The number of fused-ring (bicyclic) bond motifs is 2. The number of nitro groups is 3. The molecule has 3 aliphatic rings. The molecule has 1 spiro atoms. The lowest BCUT2D eigenvalue weighted by Crippen LogP contribution is -2.53. The summed E-state index contributed by atoms with van der Waals surface area (Å²) in [6.07, 6.45) is -1.11. The predicted octanol–water partition coefficient (Wildman–Crippen LogP) is -1.24. The van der Waals surface area contributed by atoms with Crippen LogP contribution >= 0.6 is 0 Å². The van der Waals surface area contributed by atoms with Crippen molar-refractivity contribution in [3.63, 3.8) is 0 Å². The van der Waals surface area contributed by atoms with E-state index in [1.807, 2.05) is 0 Å². The topological polar surface area (TPSA) is 247 Å². The van der Waals surface area contributed by atoms with Gasteiger partial charge in [0, 0.05) is 4.92 Å². The summed E-state index contributed by atoms with van der Waals surface area (Å²) in [5.41, 5.74) is 4.33. The van der Waals surface area contributed by atoms with Gasteiger partial charge in [-0.1, -0.05) is 0 Å². The van der Waals surface area contributed by atoms with E-state index in [9.17, 15) is 35.4 Å². The molecule has 0 bridgehead atoms. The van der Waals surface area contributed by atoms with Crippen LogP contribution in [0.1, 0.15) is 6.23 Å². The first-order valence-electron chi connectivity index (χ1n) is 9.59. The quantitative estimate of drug-likeness (QED) is 0.377. The first-order chi connectivity index (χ1) is 16.2. The Kier molecular flexibility index (Phi) is 4.75. The fourth-order valence-electron chi connectivity index (χ4n) is 4.30. The summed E-state index contributed by atoms with van der Waals surface area (Å²) >= 11 is 0. The monoisotopic (exact) mass is 478 g/mol. The zero-order chi connectivity index (χ0) is 24.4. The molecule has 2 aliphatic heterocycles. The van der Waals surface area contributed by atoms with Gasteiger partial charge < -0.3 is 25.1 Å². The van der Waals surface area contributed by atoms with Gasteiger partial charge in [0.05, 0.1) is 34.9 Å². The van der Waals surface area contributed by atoms with Crippen LogP contribution in [0.15, 0.2) is 36.2 Å². The average molecular weight is 478 g/mol. The normalized spacial score (nSPS) is 32.4. The second kappa shape index (κ2) is 7.45. The highest BCUT2D eigenvalue weighted by atomic mass is 16.8. The maximum atomic E-state index is 11.8.